The summed E-state index contributed by atoms with van der Waals surface area (Å²) in [4.78, 5) is 20.4. The molecule has 1 fully saturated rings. The van der Waals surface area contributed by atoms with Gasteiger partial charge in [0.05, 0.1) is 5.56 Å². The van der Waals surface area contributed by atoms with Crippen molar-refractivity contribution in [3.63, 3.8) is 0 Å². The van der Waals surface area contributed by atoms with E-state index in [0.717, 1.165) is 23.4 Å². The molecule has 3 heterocycles. The fourth-order valence-electron chi connectivity index (χ4n) is 3.48. The predicted molar refractivity (Wildman–Crippen MR) is 109 cm³/mol. The van der Waals surface area contributed by atoms with Crippen LogP contribution in [-0.2, 0) is 6.18 Å². The maximum absolute atomic E-state index is 12.9. The summed E-state index contributed by atoms with van der Waals surface area (Å²) in [6.45, 7) is 3.96. The third-order valence-electron chi connectivity index (χ3n) is 5.25. The molecule has 1 aromatic carbocycles. The molecule has 0 bridgehead atoms. The van der Waals surface area contributed by atoms with Crippen LogP contribution in [0.2, 0.25) is 0 Å². The summed E-state index contributed by atoms with van der Waals surface area (Å²) < 4.78 is 43.5. The SMILES string of the molecule is Cc1ccc(-c2cc(C(=O)N3CCCN(c4ccc(C(F)(F)F)cn4)CC3)on2)cc1. The Morgan fingerprint density at radius 2 is 1.81 bits per heavy atom. The standard InChI is InChI=1S/C22H21F3N4O2/c1-15-3-5-16(6-4-15)18-13-19(31-27-18)21(30)29-10-2-9-28(11-12-29)20-8-7-17(14-26-20)22(23,24)25/h3-8,13-14H,2,9-12H2,1H3. The van der Waals surface area contributed by atoms with Gasteiger partial charge in [0.1, 0.15) is 11.5 Å². The number of benzene rings is 1. The van der Waals surface area contributed by atoms with E-state index in [1.54, 1.807) is 11.0 Å². The van der Waals surface area contributed by atoms with Gasteiger partial charge in [-0.25, -0.2) is 4.98 Å². The minimum absolute atomic E-state index is 0.164. The third kappa shape index (κ3) is 4.70. The van der Waals surface area contributed by atoms with Crippen molar-refractivity contribution < 1.29 is 22.5 Å². The minimum atomic E-state index is -4.41. The van der Waals surface area contributed by atoms with Gasteiger partial charge in [0, 0.05) is 44.0 Å². The highest BCUT2D eigenvalue weighted by Crippen LogP contribution is 2.29. The Hall–Kier alpha value is -3.36. The van der Waals surface area contributed by atoms with Crippen LogP contribution < -0.4 is 4.90 Å². The molecule has 1 amide bonds. The molecule has 3 aromatic rings. The molecular formula is C22H21F3N4O2. The highest BCUT2D eigenvalue weighted by molar-refractivity contribution is 5.92. The Labute approximate surface area is 177 Å². The molecule has 1 aliphatic heterocycles. The van der Waals surface area contributed by atoms with Crippen molar-refractivity contribution >= 4 is 11.7 Å². The number of carbonyl (C=O) groups is 1. The Balaban J connectivity index is 1.42. The van der Waals surface area contributed by atoms with Crippen LogP contribution in [0, 0.1) is 6.92 Å². The third-order valence-corrected chi connectivity index (χ3v) is 5.25. The fraction of sp³-hybridized carbons (Fsp3) is 0.318. The summed E-state index contributed by atoms with van der Waals surface area (Å²) >= 11 is 0. The predicted octanol–water partition coefficient (Wildman–Crippen LogP) is 4.42. The van der Waals surface area contributed by atoms with Crippen molar-refractivity contribution in [3.8, 4) is 11.3 Å². The molecule has 0 saturated carbocycles. The Morgan fingerprint density at radius 3 is 2.48 bits per heavy atom. The van der Waals surface area contributed by atoms with Gasteiger partial charge in [0.15, 0.2) is 0 Å². The number of hydrogen-bond donors (Lipinski definition) is 0. The number of pyridine rings is 1. The van der Waals surface area contributed by atoms with Crippen LogP contribution in [0.1, 0.15) is 28.1 Å². The second kappa shape index (κ2) is 8.41. The number of amides is 1. The van der Waals surface area contributed by atoms with Crippen LogP contribution in [0.5, 0.6) is 0 Å². The Kier molecular flexibility index (Phi) is 5.67. The molecule has 2 aromatic heterocycles. The van der Waals surface area contributed by atoms with E-state index in [1.807, 2.05) is 36.1 Å². The molecule has 1 aliphatic rings. The van der Waals surface area contributed by atoms with Gasteiger partial charge in [-0.3, -0.25) is 4.79 Å². The Morgan fingerprint density at radius 1 is 1.03 bits per heavy atom. The van der Waals surface area contributed by atoms with Crippen LogP contribution in [0.25, 0.3) is 11.3 Å². The number of hydrogen-bond acceptors (Lipinski definition) is 5. The molecule has 9 heteroatoms. The average molecular weight is 430 g/mol. The molecule has 6 nitrogen and oxygen atoms in total. The van der Waals surface area contributed by atoms with Gasteiger partial charge in [0.25, 0.3) is 5.91 Å². The zero-order valence-electron chi connectivity index (χ0n) is 16.9. The lowest BCUT2D eigenvalue weighted by molar-refractivity contribution is -0.137. The van der Waals surface area contributed by atoms with E-state index in [-0.39, 0.29) is 11.7 Å². The van der Waals surface area contributed by atoms with Crippen LogP contribution in [0.15, 0.2) is 53.2 Å². The molecule has 31 heavy (non-hydrogen) atoms. The van der Waals surface area contributed by atoms with Gasteiger partial charge in [-0.15, -0.1) is 0 Å². The van der Waals surface area contributed by atoms with E-state index in [4.69, 9.17) is 4.52 Å². The van der Waals surface area contributed by atoms with Gasteiger partial charge in [-0.1, -0.05) is 35.0 Å². The summed E-state index contributed by atoms with van der Waals surface area (Å²) in [5.74, 6) is 0.369. The molecule has 4 rings (SSSR count). The first-order valence-corrected chi connectivity index (χ1v) is 9.92. The number of halogens is 3. The highest BCUT2D eigenvalue weighted by Gasteiger charge is 2.31. The lowest BCUT2D eigenvalue weighted by atomic mass is 10.1. The topological polar surface area (TPSA) is 62.5 Å². The minimum Gasteiger partial charge on any atom is -0.355 e. The summed E-state index contributed by atoms with van der Waals surface area (Å²) in [5, 5.41) is 4.01. The summed E-state index contributed by atoms with van der Waals surface area (Å²) in [7, 11) is 0. The van der Waals surface area contributed by atoms with Gasteiger partial charge in [0.2, 0.25) is 5.76 Å². The van der Waals surface area contributed by atoms with E-state index in [9.17, 15) is 18.0 Å². The number of nitrogens with zero attached hydrogens (tertiary/aromatic N) is 4. The summed E-state index contributed by atoms with van der Waals surface area (Å²) in [6, 6.07) is 11.8. The summed E-state index contributed by atoms with van der Waals surface area (Å²) in [6.07, 6.45) is -2.92. The van der Waals surface area contributed by atoms with E-state index >= 15 is 0 Å². The molecule has 0 unspecified atom stereocenters. The largest absolute Gasteiger partial charge is 0.417 e. The molecule has 0 atom stereocenters. The fourth-order valence-corrected chi connectivity index (χ4v) is 3.48. The van der Waals surface area contributed by atoms with Gasteiger partial charge < -0.3 is 14.3 Å². The first-order chi connectivity index (χ1) is 14.8. The molecule has 1 saturated heterocycles. The number of aromatic nitrogens is 2. The van der Waals surface area contributed by atoms with Crippen LogP contribution >= 0.6 is 0 Å². The van der Waals surface area contributed by atoms with Crippen molar-refractivity contribution in [3.05, 3.63) is 65.5 Å². The van der Waals surface area contributed by atoms with Crippen molar-refractivity contribution in [2.24, 2.45) is 0 Å². The molecule has 0 spiro atoms. The smallest absolute Gasteiger partial charge is 0.355 e. The highest BCUT2D eigenvalue weighted by atomic mass is 19.4. The normalized spacial score (nSPS) is 15.1. The second-order valence-corrected chi connectivity index (χ2v) is 7.48. The number of anilines is 1. The maximum atomic E-state index is 12.9. The van der Waals surface area contributed by atoms with E-state index in [0.29, 0.717) is 44.1 Å². The van der Waals surface area contributed by atoms with Gasteiger partial charge >= 0.3 is 6.18 Å². The van der Waals surface area contributed by atoms with E-state index < -0.39 is 11.7 Å². The zero-order valence-corrected chi connectivity index (χ0v) is 16.9. The number of carbonyl (C=O) groups excluding carboxylic acids is 1. The maximum Gasteiger partial charge on any atom is 0.417 e. The number of alkyl halides is 3. The Bertz CT molecular complexity index is 1050. The lowest BCUT2D eigenvalue weighted by Crippen LogP contribution is -2.35. The molecule has 0 radical (unpaired) electrons. The van der Waals surface area contributed by atoms with Crippen molar-refractivity contribution in [1.29, 1.82) is 0 Å². The summed E-state index contributed by atoms with van der Waals surface area (Å²) in [5.41, 5.74) is 1.80. The van der Waals surface area contributed by atoms with E-state index in [1.165, 1.54) is 6.07 Å². The molecule has 0 aliphatic carbocycles. The number of rotatable bonds is 3. The average Bonchev–Trinajstić information content (AvgIpc) is 3.11. The van der Waals surface area contributed by atoms with Gasteiger partial charge in [-0.05, 0) is 25.5 Å². The molecular weight excluding hydrogens is 409 g/mol. The van der Waals surface area contributed by atoms with Gasteiger partial charge in [-0.2, -0.15) is 13.2 Å². The molecule has 0 N–H and O–H groups in total. The monoisotopic (exact) mass is 430 g/mol. The van der Waals surface area contributed by atoms with Crippen LogP contribution in [-0.4, -0.2) is 47.1 Å². The lowest BCUT2D eigenvalue weighted by Gasteiger charge is -2.22. The second-order valence-electron chi connectivity index (χ2n) is 7.48. The quantitative estimate of drug-likeness (QED) is 0.616. The van der Waals surface area contributed by atoms with Crippen molar-refractivity contribution in [1.82, 2.24) is 15.0 Å². The van der Waals surface area contributed by atoms with Crippen LogP contribution in [0.4, 0.5) is 19.0 Å². The first kappa shape index (κ1) is 20.9. The van der Waals surface area contributed by atoms with Crippen molar-refractivity contribution in [2.75, 3.05) is 31.1 Å². The molecule has 162 valence electrons. The number of aryl methyl sites for hydroxylation is 1. The van der Waals surface area contributed by atoms with Crippen molar-refractivity contribution in [2.45, 2.75) is 19.5 Å². The van der Waals surface area contributed by atoms with Crippen LogP contribution in [0.3, 0.4) is 0 Å². The van der Waals surface area contributed by atoms with E-state index in [2.05, 4.69) is 10.1 Å². The first-order valence-electron chi connectivity index (χ1n) is 9.92. The zero-order chi connectivity index (χ0) is 22.0.